The van der Waals surface area contributed by atoms with E-state index in [2.05, 4.69) is 10.3 Å². The Labute approximate surface area is 117 Å². The fourth-order valence-corrected chi connectivity index (χ4v) is 1.88. The summed E-state index contributed by atoms with van der Waals surface area (Å²) in [5.74, 6) is 0.562. The Morgan fingerprint density at radius 1 is 1.26 bits per heavy atom. The van der Waals surface area contributed by atoms with Crippen LogP contribution in [-0.4, -0.2) is 19.1 Å². The molecule has 1 N–H and O–H groups in total. The van der Waals surface area contributed by atoms with Crippen LogP contribution < -0.4 is 10.2 Å². The summed E-state index contributed by atoms with van der Waals surface area (Å²) in [4.78, 5) is 6.19. The molecule has 0 saturated carbocycles. The van der Waals surface area contributed by atoms with E-state index >= 15 is 0 Å². The highest BCUT2D eigenvalue weighted by Crippen LogP contribution is 2.20. The Balaban J connectivity index is 2.06. The average molecular weight is 280 g/mol. The number of hydrogen-bond donors (Lipinski definition) is 1. The van der Waals surface area contributed by atoms with E-state index in [9.17, 15) is 4.39 Å². The molecule has 0 spiro atoms. The molecule has 0 aliphatic carbocycles. The molecule has 19 heavy (non-hydrogen) atoms. The smallest absolute Gasteiger partial charge is 0.129 e. The summed E-state index contributed by atoms with van der Waals surface area (Å²) in [6.07, 6.45) is 1.71. The zero-order valence-electron chi connectivity index (χ0n) is 10.8. The number of pyridine rings is 1. The van der Waals surface area contributed by atoms with Gasteiger partial charge in [-0.3, -0.25) is 0 Å². The lowest BCUT2D eigenvalue weighted by Gasteiger charge is -2.12. The van der Waals surface area contributed by atoms with Gasteiger partial charge >= 0.3 is 0 Å². The number of nitrogens with zero attached hydrogens (tertiary/aromatic N) is 2. The first-order valence-electron chi connectivity index (χ1n) is 5.88. The predicted octanol–water partition coefficient (Wildman–Crippen LogP) is 3.55. The average Bonchev–Trinajstić information content (AvgIpc) is 2.38. The van der Waals surface area contributed by atoms with E-state index in [0.29, 0.717) is 17.1 Å². The Hall–Kier alpha value is -1.81. The Bertz CT molecular complexity index is 535. The minimum Gasteiger partial charge on any atom is -0.380 e. The van der Waals surface area contributed by atoms with Gasteiger partial charge in [0, 0.05) is 31.2 Å². The van der Waals surface area contributed by atoms with E-state index in [1.807, 2.05) is 31.1 Å². The molecule has 0 radical (unpaired) electrons. The van der Waals surface area contributed by atoms with Gasteiger partial charge in [0.05, 0.1) is 11.9 Å². The van der Waals surface area contributed by atoms with Crippen molar-refractivity contribution in [3.8, 4) is 0 Å². The maximum Gasteiger partial charge on any atom is 0.129 e. The summed E-state index contributed by atoms with van der Waals surface area (Å²) in [6.45, 7) is 0.328. The van der Waals surface area contributed by atoms with Crippen molar-refractivity contribution in [2.45, 2.75) is 6.54 Å². The second-order valence-electron chi connectivity index (χ2n) is 4.35. The van der Waals surface area contributed by atoms with Gasteiger partial charge in [0.15, 0.2) is 0 Å². The number of benzene rings is 1. The quantitative estimate of drug-likeness (QED) is 0.928. The first kappa shape index (κ1) is 13.6. The molecule has 0 unspecified atom stereocenters. The largest absolute Gasteiger partial charge is 0.380 e. The van der Waals surface area contributed by atoms with Crippen molar-refractivity contribution in [1.82, 2.24) is 4.98 Å². The summed E-state index contributed by atoms with van der Waals surface area (Å²) in [5.41, 5.74) is 1.28. The Kier molecular flexibility index (Phi) is 4.22. The monoisotopic (exact) mass is 279 g/mol. The molecule has 1 aromatic heterocycles. The summed E-state index contributed by atoms with van der Waals surface area (Å²) in [5, 5.41) is 3.52. The lowest BCUT2D eigenvalue weighted by atomic mass is 10.2. The summed E-state index contributed by atoms with van der Waals surface area (Å²) in [7, 11) is 3.85. The lowest BCUT2D eigenvalue weighted by Crippen LogP contribution is -2.10. The van der Waals surface area contributed by atoms with Gasteiger partial charge in [0.1, 0.15) is 11.6 Å². The SMILES string of the molecule is CN(C)c1ccc(NCc2c(F)cccc2Cl)cn1. The van der Waals surface area contributed by atoms with Crippen LogP contribution in [0.25, 0.3) is 0 Å². The number of halogens is 2. The van der Waals surface area contributed by atoms with Crippen molar-refractivity contribution in [1.29, 1.82) is 0 Å². The molecule has 0 aliphatic rings. The Morgan fingerprint density at radius 2 is 2.05 bits per heavy atom. The van der Waals surface area contributed by atoms with E-state index in [0.717, 1.165) is 11.5 Å². The van der Waals surface area contributed by atoms with Crippen LogP contribution in [0.1, 0.15) is 5.56 Å². The minimum atomic E-state index is -0.308. The zero-order valence-corrected chi connectivity index (χ0v) is 11.6. The molecular formula is C14H15ClFN3. The van der Waals surface area contributed by atoms with E-state index in [1.54, 1.807) is 18.3 Å². The second kappa shape index (κ2) is 5.89. The van der Waals surface area contributed by atoms with Crippen LogP contribution in [0, 0.1) is 5.82 Å². The maximum absolute atomic E-state index is 13.6. The van der Waals surface area contributed by atoms with Crippen molar-refractivity contribution in [2.24, 2.45) is 0 Å². The third-order valence-corrected chi connectivity index (χ3v) is 3.09. The van der Waals surface area contributed by atoms with Crippen molar-refractivity contribution < 1.29 is 4.39 Å². The van der Waals surface area contributed by atoms with Gasteiger partial charge in [-0.15, -0.1) is 0 Å². The molecule has 100 valence electrons. The molecule has 0 atom stereocenters. The lowest BCUT2D eigenvalue weighted by molar-refractivity contribution is 0.613. The number of aromatic nitrogens is 1. The van der Waals surface area contributed by atoms with Crippen molar-refractivity contribution in [3.05, 3.63) is 52.9 Å². The van der Waals surface area contributed by atoms with Gasteiger partial charge in [-0.2, -0.15) is 0 Å². The molecule has 3 nitrogen and oxygen atoms in total. The van der Waals surface area contributed by atoms with E-state index in [-0.39, 0.29) is 5.82 Å². The minimum absolute atomic E-state index is 0.308. The molecule has 0 bridgehead atoms. The molecule has 2 rings (SSSR count). The van der Waals surface area contributed by atoms with Crippen LogP contribution in [0.2, 0.25) is 5.02 Å². The van der Waals surface area contributed by atoms with Crippen molar-refractivity contribution >= 4 is 23.1 Å². The van der Waals surface area contributed by atoms with Gasteiger partial charge in [-0.25, -0.2) is 9.37 Å². The van der Waals surface area contributed by atoms with Gasteiger partial charge in [-0.1, -0.05) is 17.7 Å². The summed E-state index contributed by atoms with van der Waals surface area (Å²) in [6, 6.07) is 8.46. The highest BCUT2D eigenvalue weighted by molar-refractivity contribution is 6.31. The first-order valence-corrected chi connectivity index (χ1v) is 6.26. The van der Waals surface area contributed by atoms with Crippen LogP contribution in [0.4, 0.5) is 15.9 Å². The molecule has 0 amide bonds. The van der Waals surface area contributed by atoms with Crippen LogP contribution >= 0.6 is 11.6 Å². The van der Waals surface area contributed by atoms with Crippen LogP contribution in [0.5, 0.6) is 0 Å². The molecule has 1 aromatic carbocycles. The van der Waals surface area contributed by atoms with Crippen molar-refractivity contribution in [2.75, 3.05) is 24.3 Å². The third-order valence-electron chi connectivity index (χ3n) is 2.74. The van der Waals surface area contributed by atoms with Gasteiger partial charge in [-0.05, 0) is 24.3 Å². The molecule has 2 aromatic rings. The number of rotatable bonds is 4. The second-order valence-corrected chi connectivity index (χ2v) is 4.76. The molecule has 1 heterocycles. The van der Waals surface area contributed by atoms with Gasteiger partial charge < -0.3 is 10.2 Å². The van der Waals surface area contributed by atoms with Crippen LogP contribution in [0.3, 0.4) is 0 Å². The molecule has 0 fully saturated rings. The molecule has 0 saturated heterocycles. The van der Waals surface area contributed by atoms with E-state index in [1.165, 1.54) is 6.07 Å². The molecule has 5 heteroatoms. The van der Waals surface area contributed by atoms with Crippen LogP contribution in [-0.2, 0) is 6.54 Å². The number of nitrogens with one attached hydrogen (secondary N) is 1. The standard InChI is InChI=1S/C14H15ClFN3/c1-19(2)14-7-6-10(8-18-14)17-9-11-12(15)4-3-5-13(11)16/h3-8,17H,9H2,1-2H3. The highest BCUT2D eigenvalue weighted by Gasteiger charge is 2.06. The van der Waals surface area contributed by atoms with Gasteiger partial charge in [0.2, 0.25) is 0 Å². The Morgan fingerprint density at radius 3 is 2.63 bits per heavy atom. The first-order chi connectivity index (χ1) is 9.08. The zero-order chi connectivity index (χ0) is 13.8. The normalized spacial score (nSPS) is 10.3. The summed E-state index contributed by atoms with van der Waals surface area (Å²) < 4.78 is 13.6. The van der Waals surface area contributed by atoms with Crippen LogP contribution in [0.15, 0.2) is 36.5 Å². The van der Waals surface area contributed by atoms with Crippen molar-refractivity contribution in [3.63, 3.8) is 0 Å². The molecular weight excluding hydrogens is 265 g/mol. The fraction of sp³-hybridized carbons (Fsp3) is 0.214. The predicted molar refractivity (Wildman–Crippen MR) is 77.3 cm³/mol. The topological polar surface area (TPSA) is 28.2 Å². The highest BCUT2D eigenvalue weighted by atomic mass is 35.5. The number of anilines is 2. The van der Waals surface area contributed by atoms with Gasteiger partial charge in [0.25, 0.3) is 0 Å². The van der Waals surface area contributed by atoms with E-state index < -0.39 is 0 Å². The summed E-state index contributed by atoms with van der Waals surface area (Å²) >= 11 is 5.96. The third kappa shape index (κ3) is 3.35. The fourth-order valence-electron chi connectivity index (χ4n) is 1.65. The number of hydrogen-bond acceptors (Lipinski definition) is 3. The maximum atomic E-state index is 13.6. The van der Waals surface area contributed by atoms with E-state index in [4.69, 9.17) is 11.6 Å². The molecule has 0 aliphatic heterocycles.